The molecule has 0 fully saturated rings. The van der Waals surface area contributed by atoms with Gasteiger partial charge in [0.15, 0.2) is 0 Å². The van der Waals surface area contributed by atoms with Crippen molar-refractivity contribution < 1.29 is 4.79 Å². The minimum absolute atomic E-state index is 0.179. The Balaban J connectivity index is 1.96. The van der Waals surface area contributed by atoms with Crippen molar-refractivity contribution in [2.75, 3.05) is 11.1 Å². The van der Waals surface area contributed by atoms with E-state index in [-0.39, 0.29) is 5.91 Å². The normalized spacial score (nSPS) is 10.5. The van der Waals surface area contributed by atoms with E-state index in [0.29, 0.717) is 11.3 Å². The fraction of sp³-hybridized carbons (Fsp3) is 0.0588. The van der Waals surface area contributed by atoms with E-state index in [1.54, 1.807) is 18.5 Å². The maximum atomic E-state index is 12.4. The van der Waals surface area contributed by atoms with Gasteiger partial charge in [-0.25, -0.2) is 0 Å². The molecule has 0 saturated carbocycles. The number of amides is 1. The number of carbonyl (C=O) groups is 1. The van der Waals surface area contributed by atoms with E-state index in [2.05, 4.69) is 10.3 Å². The number of fused-ring (bicyclic) bond motifs is 1. The number of pyridine rings is 1. The molecule has 104 valence electrons. The number of nitrogens with one attached hydrogen (secondary N) is 1. The smallest absolute Gasteiger partial charge is 0.255 e. The summed E-state index contributed by atoms with van der Waals surface area (Å²) in [4.78, 5) is 16.5. The van der Waals surface area contributed by atoms with Crippen LogP contribution in [0.15, 0.2) is 54.9 Å². The van der Waals surface area contributed by atoms with E-state index >= 15 is 0 Å². The lowest BCUT2D eigenvalue weighted by Crippen LogP contribution is -2.12. The number of hydrogen-bond acceptors (Lipinski definition) is 3. The zero-order chi connectivity index (χ0) is 14.8. The van der Waals surface area contributed by atoms with E-state index in [1.165, 1.54) is 0 Å². The number of aromatic nitrogens is 1. The molecule has 0 unspecified atom stereocenters. The Kier molecular flexibility index (Phi) is 3.28. The molecule has 0 atom stereocenters. The van der Waals surface area contributed by atoms with Crippen LogP contribution < -0.4 is 11.1 Å². The quantitative estimate of drug-likeness (QED) is 0.706. The average Bonchev–Trinajstić information content (AvgIpc) is 2.46. The summed E-state index contributed by atoms with van der Waals surface area (Å²) in [6.45, 7) is 1.91. The molecule has 0 spiro atoms. The summed E-state index contributed by atoms with van der Waals surface area (Å²) in [6.07, 6.45) is 3.48. The number of benzene rings is 2. The fourth-order valence-corrected chi connectivity index (χ4v) is 2.36. The van der Waals surface area contributed by atoms with Crippen LogP contribution in [0.3, 0.4) is 0 Å². The van der Waals surface area contributed by atoms with Crippen LogP contribution in [0.25, 0.3) is 10.8 Å². The molecular weight excluding hydrogens is 262 g/mol. The molecular formula is C17H15N3O. The van der Waals surface area contributed by atoms with Gasteiger partial charge in [-0.15, -0.1) is 0 Å². The second-order valence-electron chi connectivity index (χ2n) is 4.99. The monoisotopic (exact) mass is 277 g/mol. The molecule has 3 N–H and O–H groups in total. The zero-order valence-corrected chi connectivity index (χ0v) is 11.6. The third-order valence-electron chi connectivity index (χ3n) is 3.29. The fourth-order valence-electron chi connectivity index (χ4n) is 2.36. The third-order valence-corrected chi connectivity index (χ3v) is 3.29. The van der Waals surface area contributed by atoms with Crippen LogP contribution in [-0.2, 0) is 0 Å². The standard InChI is InChI=1S/C17H15N3O/c1-11-7-13(9-14(18)8-11)17(21)20-16-4-2-3-12-5-6-19-10-15(12)16/h2-10H,18H2,1H3,(H,20,21). The van der Waals surface area contributed by atoms with Gasteiger partial charge < -0.3 is 11.1 Å². The molecule has 3 rings (SSSR count). The van der Waals surface area contributed by atoms with Gasteiger partial charge in [0.1, 0.15) is 0 Å². The topological polar surface area (TPSA) is 68.0 Å². The summed E-state index contributed by atoms with van der Waals surface area (Å²) >= 11 is 0. The van der Waals surface area contributed by atoms with Crippen LogP contribution in [0.2, 0.25) is 0 Å². The molecule has 0 saturated heterocycles. The Hall–Kier alpha value is -2.88. The minimum atomic E-state index is -0.179. The maximum absolute atomic E-state index is 12.4. The van der Waals surface area contributed by atoms with Gasteiger partial charge in [0.25, 0.3) is 5.91 Å². The first-order chi connectivity index (χ1) is 10.1. The summed E-state index contributed by atoms with van der Waals surface area (Å²) < 4.78 is 0. The molecule has 21 heavy (non-hydrogen) atoms. The molecule has 0 aliphatic carbocycles. The number of anilines is 2. The Morgan fingerprint density at radius 1 is 1.19 bits per heavy atom. The van der Waals surface area contributed by atoms with Crippen molar-refractivity contribution >= 4 is 28.1 Å². The maximum Gasteiger partial charge on any atom is 0.255 e. The molecule has 0 aliphatic heterocycles. The molecule has 0 aliphatic rings. The lowest BCUT2D eigenvalue weighted by Gasteiger charge is -2.09. The SMILES string of the molecule is Cc1cc(N)cc(C(=O)Nc2cccc3ccncc23)c1. The molecule has 3 aromatic rings. The lowest BCUT2D eigenvalue weighted by molar-refractivity contribution is 0.102. The summed E-state index contributed by atoms with van der Waals surface area (Å²) in [7, 11) is 0. The van der Waals surface area contributed by atoms with Crippen molar-refractivity contribution in [3.63, 3.8) is 0 Å². The van der Waals surface area contributed by atoms with Crippen LogP contribution in [0.4, 0.5) is 11.4 Å². The second kappa shape index (κ2) is 5.25. The largest absolute Gasteiger partial charge is 0.399 e. The highest BCUT2D eigenvalue weighted by Gasteiger charge is 2.09. The number of aryl methyl sites for hydroxylation is 1. The van der Waals surface area contributed by atoms with Crippen molar-refractivity contribution in [3.05, 3.63) is 66.0 Å². The van der Waals surface area contributed by atoms with Gasteiger partial charge in [0, 0.05) is 29.0 Å². The van der Waals surface area contributed by atoms with Crippen LogP contribution in [0, 0.1) is 6.92 Å². The van der Waals surface area contributed by atoms with Crippen LogP contribution >= 0.6 is 0 Å². The number of carbonyl (C=O) groups excluding carboxylic acids is 1. The number of nitrogens with zero attached hydrogens (tertiary/aromatic N) is 1. The highest BCUT2D eigenvalue weighted by Crippen LogP contribution is 2.23. The Morgan fingerprint density at radius 2 is 2.05 bits per heavy atom. The number of rotatable bonds is 2. The van der Waals surface area contributed by atoms with E-state index in [4.69, 9.17) is 5.73 Å². The van der Waals surface area contributed by atoms with Gasteiger partial charge in [-0.3, -0.25) is 9.78 Å². The number of nitrogen functional groups attached to an aromatic ring is 1. The van der Waals surface area contributed by atoms with Gasteiger partial charge in [-0.2, -0.15) is 0 Å². The highest BCUT2D eigenvalue weighted by atomic mass is 16.1. The first kappa shape index (κ1) is 13.1. The molecule has 4 heteroatoms. The molecule has 1 aromatic heterocycles. The van der Waals surface area contributed by atoms with E-state index < -0.39 is 0 Å². The average molecular weight is 277 g/mol. The molecule has 0 radical (unpaired) electrons. The van der Waals surface area contributed by atoms with Crippen LogP contribution in [0.1, 0.15) is 15.9 Å². The first-order valence-electron chi connectivity index (χ1n) is 6.65. The van der Waals surface area contributed by atoms with Gasteiger partial charge in [-0.05, 0) is 48.2 Å². The lowest BCUT2D eigenvalue weighted by atomic mass is 10.1. The van der Waals surface area contributed by atoms with E-state index in [9.17, 15) is 4.79 Å². The second-order valence-corrected chi connectivity index (χ2v) is 4.99. The summed E-state index contributed by atoms with van der Waals surface area (Å²) in [6, 6.07) is 13.0. The van der Waals surface area contributed by atoms with Crippen LogP contribution in [0.5, 0.6) is 0 Å². The predicted octanol–water partition coefficient (Wildman–Crippen LogP) is 3.38. The van der Waals surface area contributed by atoms with Gasteiger partial charge in [0.2, 0.25) is 0 Å². The van der Waals surface area contributed by atoms with Crippen molar-refractivity contribution in [1.82, 2.24) is 4.98 Å². The van der Waals surface area contributed by atoms with Crippen molar-refractivity contribution in [3.8, 4) is 0 Å². The molecule has 1 amide bonds. The minimum Gasteiger partial charge on any atom is -0.399 e. The zero-order valence-electron chi connectivity index (χ0n) is 11.6. The summed E-state index contributed by atoms with van der Waals surface area (Å²) in [5.74, 6) is -0.179. The van der Waals surface area contributed by atoms with Crippen molar-refractivity contribution in [1.29, 1.82) is 0 Å². The van der Waals surface area contributed by atoms with Gasteiger partial charge >= 0.3 is 0 Å². The Morgan fingerprint density at radius 3 is 2.86 bits per heavy atom. The first-order valence-corrected chi connectivity index (χ1v) is 6.65. The highest BCUT2D eigenvalue weighted by molar-refractivity contribution is 6.09. The van der Waals surface area contributed by atoms with Crippen LogP contribution in [-0.4, -0.2) is 10.9 Å². The number of nitrogens with two attached hydrogens (primary N) is 1. The summed E-state index contributed by atoms with van der Waals surface area (Å²) in [5.41, 5.74) is 8.62. The van der Waals surface area contributed by atoms with Gasteiger partial charge in [-0.1, -0.05) is 12.1 Å². The van der Waals surface area contributed by atoms with Crippen molar-refractivity contribution in [2.24, 2.45) is 0 Å². The van der Waals surface area contributed by atoms with Crippen molar-refractivity contribution in [2.45, 2.75) is 6.92 Å². The molecule has 4 nitrogen and oxygen atoms in total. The predicted molar refractivity (Wildman–Crippen MR) is 85.3 cm³/mol. The Bertz CT molecular complexity index is 802. The molecule has 2 aromatic carbocycles. The molecule has 0 bridgehead atoms. The molecule has 1 heterocycles. The third kappa shape index (κ3) is 2.69. The Labute approximate surface area is 122 Å². The van der Waals surface area contributed by atoms with Gasteiger partial charge in [0.05, 0.1) is 5.69 Å². The number of hydrogen-bond donors (Lipinski definition) is 2. The summed E-state index contributed by atoms with van der Waals surface area (Å²) in [5, 5.41) is 4.87. The van der Waals surface area contributed by atoms with E-state index in [1.807, 2.05) is 43.3 Å². The van der Waals surface area contributed by atoms with E-state index in [0.717, 1.165) is 22.0 Å².